The fraction of sp³-hybridized carbons (Fsp3) is 0.316. The van der Waals surface area contributed by atoms with Crippen molar-refractivity contribution in [2.45, 2.75) is 19.4 Å². The zero-order valence-electron chi connectivity index (χ0n) is 14.3. The summed E-state index contributed by atoms with van der Waals surface area (Å²) in [4.78, 5) is 18.3. The van der Waals surface area contributed by atoms with Crippen molar-refractivity contribution in [3.8, 4) is 23.1 Å². The van der Waals surface area contributed by atoms with Crippen LogP contribution in [0.4, 0.5) is 0 Å². The number of carbonyl (C=O) groups is 1. The highest BCUT2D eigenvalue weighted by atomic mass is 16.5. The predicted octanol–water partition coefficient (Wildman–Crippen LogP) is 2.35. The number of ether oxygens (including phenoxy) is 1. The minimum absolute atomic E-state index is 0.000619. The van der Waals surface area contributed by atoms with E-state index >= 15 is 0 Å². The van der Waals surface area contributed by atoms with Crippen molar-refractivity contribution < 1.29 is 9.53 Å². The lowest BCUT2D eigenvalue weighted by molar-refractivity contribution is 0.0938. The summed E-state index contributed by atoms with van der Waals surface area (Å²) in [6, 6.07) is 9.32. The van der Waals surface area contributed by atoms with Gasteiger partial charge in [0.2, 0.25) is 0 Å². The Morgan fingerprint density at radius 2 is 2.24 bits per heavy atom. The van der Waals surface area contributed by atoms with Gasteiger partial charge in [-0.1, -0.05) is 0 Å². The van der Waals surface area contributed by atoms with Crippen LogP contribution in [0.25, 0.3) is 11.1 Å². The van der Waals surface area contributed by atoms with E-state index in [9.17, 15) is 4.79 Å². The molecule has 0 bridgehead atoms. The molecule has 1 aromatic carbocycles. The first-order chi connectivity index (χ1) is 12.1. The number of nitrogens with one attached hydrogen (secondary N) is 1. The SMILES string of the molecule is COc1cc(C(=O)NC2CCN(C#N)C2)ccc1-c1ccnc(C)c1. The number of likely N-dealkylation sites (tertiary alicyclic amines) is 1. The number of amides is 1. The Hall–Kier alpha value is -3.07. The van der Waals surface area contributed by atoms with Crippen molar-refractivity contribution >= 4 is 5.91 Å². The summed E-state index contributed by atoms with van der Waals surface area (Å²) < 4.78 is 5.48. The fourth-order valence-corrected chi connectivity index (χ4v) is 3.02. The molecule has 1 aliphatic heterocycles. The molecule has 6 nitrogen and oxygen atoms in total. The molecule has 6 heteroatoms. The molecule has 128 valence electrons. The molecule has 0 spiro atoms. The van der Waals surface area contributed by atoms with Crippen molar-refractivity contribution in [2.75, 3.05) is 20.2 Å². The van der Waals surface area contributed by atoms with Crippen LogP contribution in [0.15, 0.2) is 36.5 Å². The van der Waals surface area contributed by atoms with Crippen LogP contribution in [0.5, 0.6) is 5.75 Å². The number of hydrogen-bond acceptors (Lipinski definition) is 5. The van der Waals surface area contributed by atoms with Gasteiger partial charge < -0.3 is 15.0 Å². The Labute approximate surface area is 147 Å². The average molecular weight is 336 g/mol. The van der Waals surface area contributed by atoms with E-state index in [1.54, 1.807) is 30.3 Å². The first-order valence-electron chi connectivity index (χ1n) is 8.17. The van der Waals surface area contributed by atoms with E-state index in [2.05, 4.69) is 16.5 Å². The number of pyridine rings is 1. The molecule has 0 aliphatic carbocycles. The summed E-state index contributed by atoms with van der Waals surface area (Å²) in [5.74, 6) is 0.490. The third-order valence-electron chi connectivity index (χ3n) is 4.34. The van der Waals surface area contributed by atoms with Crippen LogP contribution in [-0.4, -0.2) is 42.0 Å². The topological polar surface area (TPSA) is 78.2 Å². The lowest BCUT2D eigenvalue weighted by Crippen LogP contribution is -2.36. The lowest BCUT2D eigenvalue weighted by atomic mass is 10.0. The number of aromatic nitrogens is 1. The number of rotatable bonds is 4. The Morgan fingerprint density at radius 1 is 1.40 bits per heavy atom. The monoisotopic (exact) mass is 336 g/mol. The third-order valence-corrected chi connectivity index (χ3v) is 4.34. The van der Waals surface area contributed by atoms with Gasteiger partial charge in [-0.2, -0.15) is 5.26 Å². The predicted molar refractivity (Wildman–Crippen MR) is 94.0 cm³/mol. The molecule has 1 N–H and O–H groups in total. The smallest absolute Gasteiger partial charge is 0.251 e. The molecule has 3 rings (SSSR count). The van der Waals surface area contributed by atoms with Gasteiger partial charge in [0.1, 0.15) is 5.75 Å². The molecule has 1 unspecified atom stereocenters. The van der Waals surface area contributed by atoms with Crippen molar-refractivity contribution in [1.29, 1.82) is 5.26 Å². The van der Waals surface area contributed by atoms with Crippen LogP contribution in [0.2, 0.25) is 0 Å². The van der Waals surface area contributed by atoms with E-state index in [1.807, 2.05) is 25.1 Å². The minimum atomic E-state index is -0.152. The average Bonchev–Trinajstić information content (AvgIpc) is 3.08. The highest BCUT2D eigenvalue weighted by Crippen LogP contribution is 2.31. The molecule has 0 saturated carbocycles. The number of methoxy groups -OCH3 is 1. The molecular formula is C19H20N4O2. The maximum Gasteiger partial charge on any atom is 0.251 e. The molecule has 2 heterocycles. The maximum atomic E-state index is 12.5. The van der Waals surface area contributed by atoms with Crippen molar-refractivity contribution in [3.05, 3.63) is 47.8 Å². The highest BCUT2D eigenvalue weighted by Gasteiger charge is 2.23. The molecule has 2 aromatic rings. The summed E-state index contributed by atoms with van der Waals surface area (Å²) in [5, 5.41) is 11.9. The van der Waals surface area contributed by atoms with Crippen molar-refractivity contribution in [1.82, 2.24) is 15.2 Å². The van der Waals surface area contributed by atoms with Gasteiger partial charge in [-0.3, -0.25) is 9.78 Å². The number of nitriles is 1. The second kappa shape index (κ2) is 7.22. The quantitative estimate of drug-likeness (QED) is 0.867. The Kier molecular flexibility index (Phi) is 4.85. The van der Waals surface area contributed by atoms with Crippen molar-refractivity contribution in [2.24, 2.45) is 0 Å². The normalized spacial score (nSPS) is 16.4. The summed E-state index contributed by atoms with van der Waals surface area (Å²) in [6.07, 6.45) is 4.65. The third kappa shape index (κ3) is 3.72. The van der Waals surface area contributed by atoms with Gasteiger partial charge in [-0.25, -0.2) is 0 Å². The number of benzene rings is 1. The molecular weight excluding hydrogens is 316 g/mol. The standard InChI is InChI=1S/C19H20N4O2/c1-13-9-14(5-7-21-13)17-4-3-15(10-18(17)25-2)19(24)22-16-6-8-23(11-16)12-20/h3-5,7,9-10,16H,6,8,11H2,1-2H3,(H,22,24). The molecule has 1 amide bonds. The largest absolute Gasteiger partial charge is 0.496 e. The summed E-state index contributed by atoms with van der Waals surface area (Å²) >= 11 is 0. The van der Waals surface area contributed by atoms with Gasteiger partial charge in [0.15, 0.2) is 6.19 Å². The van der Waals surface area contributed by atoms with Gasteiger partial charge in [-0.05, 0) is 49.2 Å². The van der Waals surface area contributed by atoms with Crippen LogP contribution in [0.3, 0.4) is 0 Å². The van der Waals surface area contributed by atoms with E-state index in [0.29, 0.717) is 24.4 Å². The van der Waals surface area contributed by atoms with Gasteiger partial charge in [0, 0.05) is 42.1 Å². The van der Waals surface area contributed by atoms with Crippen LogP contribution in [-0.2, 0) is 0 Å². The Balaban J connectivity index is 1.79. The van der Waals surface area contributed by atoms with Gasteiger partial charge >= 0.3 is 0 Å². The van der Waals surface area contributed by atoms with Crippen LogP contribution in [0, 0.1) is 18.4 Å². The number of hydrogen-bond donors (Lipinski definition) is 1. The van der Waals surface area contributed by atoms with E-state index in [0.717, 1.165) is 23.2 Å². The van der Waals surface area contributed by atoms with E-state index in [4.69, 9.17) is 10.00 Å². The number of nitrogens with zero attached hydrogens (tertiary/aromatic N) is 3. The van der Waals surface area contributed by atoms with E-state index in [1.165, 1.54) is 0 Å². The second-order valence-corrected chi connectivity index (χ2v) is 6.11. The summed E-state index contributed by atoms with van der Waals surface area (Å²) in [6.45, 7) is 3.18. The lowest BCUT2D eigenvalue weighted by Gasteiger charge is -2.14. The number of carbonyl (C=O) groups excluding carboxylic acids is 1. The Morgan fingerprint density at radius 3 is 2.92 bits per heavy atom. The van der Waals surface area contributed by atoms with Crippen LogP contribution < -0.4 is 10.1 Å². The molecule has 1 fully saturated rings. The van der Waals surface area contributed by atoms with Gasteiger partial charge in [0.25, 0.3) is 5.91 Å². The first-order valence-corrected chi connectivity index (χ1v) is 8.17. The second-order valence-electron chi connectivity index (χ2n) is 6.11. The number of aryl methyl sites for hydroxylation is 1. The van der Waals surface area contributed by atoms with Crippen LogP contribution >= 0.6 is 0 Å². The van der Waals surface area contributed by atoms with Crippen LogP contribution in [0.1, 0.15) is 22.5 Å². The molecule has 1 aliphatic rings. The summed E-state index contributed by atoms with van der Waals surface area (Å²) in [7, 11) is 1.59. The fourth-order valence-electron chi connectivity index (χ4n) is 3.02. The van der Waals surface area contributed by atoms with E-state index in [-0.39, 0.29) is 11.9 Å². The first kappa shape index (κ1) is 16.8. The van der Waals surface area contributed by atoms with Crippen molar-refractivity contribution in [3.63, 3.8) is 0 Å². The Bertz CT molecular complexity index is 828. The molecule has 1 saturated heterocycles. The zero-order chi connectivity index (χ0) is 17.8. The maximum absolute atomic E-state index is 12.5. The summed E-state index contributed by atoms with van der Waals surface area (Å²) in [5.41, 5.74) is 3.38. The van der Waals surface area contributed by atoms with Gasteiger partial charge in [0.05, 0.1) is 7.11 Å². The molecule has 1 aromatic heterocycles. The molecule has 0 radical (unpaired) electrons. The highest BCUT2D eigenvalue weighted by molar-refractivity contribution is 5.95. The van der Waals surface area contributed by atoms with Gasteiger partial charge in [-0.15, -0.1) is 0 Å². The molecule has 25 heavy (non-hydrogen) atoms. The van der Waals surface area contributed by atoms with E-state index < -0.39 is 0 Å². The zero-order valence-corrected chi connectivity index (χ0v) is 14.3. The minimum Gasteiger partial charge on any atom is -0.496 e. The molecule has 1 atom stereocenters.